The summed E-state index contributed by atoms with van der Waals surface area (Å²) >= 11 is 1.62. The molecular weight excluding hydrogens is 358 g/mol. The summed E-state index contributed by atoms with van der Waals surface area (Å²) < 4.78 is 1.53. The first-order chi connectivity index (χ1) is 13.0. The van der Waals surface area contributed by atoms with Crippen LogP contribution in [0.3, 0.4) is 0 Å². The number of hydrogen-bond acceptors (Lipinski definition) is 4. The van der Waals surface area contributed by atoms with Crippen LogP contribution in [-0.2, 0) is 17.6 Å². The molecule has 1 atom stereocenters. The third-order valence-corrected chi connectivity index (χ3v) is 6.51. The Morgan fingerprint density at radius 3 is 2.81 bits per heavy atom. The van der Waals surface area contributed by atoms with Crippen molar-refractivity contribution in [1.29, 1.82) is 0 Å². The highest BCUT2D eigenvalue weighted by Gasteiger charge is 2.27. The van der Waals surface area contributed by atoms with E-state index in [0.29, 0.717) is 17.6 Å². The molecule has 6 heteroatoms. The number of carbonyl (C=O) groups excluding carboxylic acids is 1. The minimum atomic E-state index is -0.705. The maximum Gasteiger partial charge on any atom is 0.263 e. The molecular formula is C21H23N3O2S. The van der Waals surface area contributed by atoms with Crippen molar-refractivity contribution in [1.82, 2.24) is 9.55 Å². The van der Waals surface area contributed by atoms with E-state index in [-0.39, 0.29) is 5.56 Å². The van der Waals surface area contributed by atoms with E-state index in [1.54, 1.807) is 11.3 Å². The first-order valence-electron chi connectivity index (χ1n) is 9.44. The molecule has 0 radical (unpaired) electrons. The summed E-state index contributed by atoms with van der Waals surface area (Å²) in [4.78, 5) is 32.6. The molecule has 1 amide bonds. The van der Waals surface area contributed by atoms with Crippen LogP contribution >= 0.6 is 11.3 Å². The number of carbonyl (C=O) groups is 1. The van der Waals surface area contributed by atoms with Gasteiger partial charge in [-0.25, -0.2) is 4.98 Å². The van der Waals surface area contributed by atoms with E-state index >= 15 is 0 Å². The second kappa shape index (κ2) is 6.93. The minimum Gasteiger partial charge on any atom is -0.368 e. The number of amides is 1. The average molecular weight is 382 g/mol. The predicted octanol–water partition coefficient (Wildman–Crippen LogP) is 3.75. The molecule has 140 valence electrons. The molecule has 1 aliphatic carbocycles. The Morgan fingerprint density at radius 2 is 2.11 bits per heavy atom. The summed E-state index contributed by atoms with van der Waals surface area (Å²) in [6, 6.07) is 7.16. The van der Waals surface area contributed by atoms with Crippen molar-refractivity contribution in [2.45, 2.75) is 52.0 Å². The maximum atomic E-state index is 13.6. The summed E-state index contributed by atoms with van der Waals surface area (Å²) in [5, 5.41) is 0.686. The van der Waals surface area contributed by atoms with Crippen molar-refractivity contribution in [3.8, 4) is 11.4 Å². The lowest BCUT2D eigenvalue weighted by molar-refractivity contribution is -0.121. The molecule has 2 heterocycles. The third-order valence-electron chi connectivity index (χ3n) is 5.32. The quantitative estimate of drug-likeness (QED) is 0.748. The lowest BCUT2D eigenvalue weighted by Gasteiger charge is -2.20. The fourth-order valence-corrected chi connectivity index (χ4v) is 5.26. The second-order valence-corrected chi connectivity index (χ2v) is 8.28. The highest BCUT2D eigenvalue weighted by Crippen LogP contribution is 2.35. The van der Waals surface area contributed by atoms with E-state index in [2.05, 4.69) is 0 Å². The first kappa shape index (κ1) is 17.9. The van der Waals surface area contributed by atoms with Crippen LogP contribution in [0.5, 0.6) is 0 Å². The predicted molar refractivity (Wildman–Crippen MR) is 109 cm³/mol. The van der Waals surface area contributed by atoms with Gasteiger partial charge in [0.1, 0.15) is 16.7 Å². The molecule has 0 aliphatic heterocycles. The summed E-state index contributed by atoms with van der Waals surface area (Å²) in [5.74, 6) is 0.0270. The molecule has 0 fully saturated rings. The SMILES string of the molecule is CCC(C(N)=O)n1c(-c2cccc(C)c2)nc2sc3c(c2c1=O)CCCC3. The number of primary amides is 1. The molecule has 0 saturated heterocycles. The van der Waals surface area contributed by atoms with E-state index in [9.17, 15) is 9.59 Å². The summed E-state index contributed by atoms with van der Waals surface area (Å²) in [7, 11) is 0. The van der Waals surface area contributed by atoms with E-state index < -0.39 is 11.9 Å². The van der Waals surface area contributed by atoms with Crippen LogP contribution in [0, 0.1) is 6.92 Å². The number of hydrogen-bond donors (Lipinski definition) is 1. The van der Waals surface area contributed by atoms with Gasteiger partial charge in [-0.05, 0) is 50.7 Å². The number of thiophene rings is 1. The van der Waals surface area contributed by atoms with Gasteiger partial charge in [-0.3, -0.25) is 14.2 Å². The maximum absolute atomic E-state index is 13.6. The topological polar surface area (TPSA) is 78.0 Å². The Hall–Kier alpha value is -2.47. The number of rotatable bonds is 4. The largest absolute Gasteiger partial charge is 0.368 e. The molecule has 0 saturated carbocycles. The van der Waals surface area contributed by atoms with E-state index in [0.717, 1.165) is 47.2 Å². The Bertz CT molecular complexity index is 1100. The van der Waals surface area contributed by atoms with E-state index in [1.165, 1.54) is 9.44 Å². The van der Waals surface area contributed by atoms with Crippen LogP contribution in [-0.4, -0.2) is 15.5 Å². The summed E-state index contributed by atoms with van der Waals surface area (Å²) in [6.07, 6.45) is 4.60. The van der Waals surface area contributed by atoms with Crippen molar-refractivity contribution in [2.75, 3.05) is 0 Å². The van der Waals surface area contributed by atoms with E-state index in [4.69, 9.17) is 10.7 Å². The molecule has 0 spiro atoms. The van der Waals surface area contributed by atoms with Crippen LogP contribution < -0.4 is 11.3 Å². The monoisotopic (exact) mass is 381 g/mol. The number of fused-ring (bicyclic) bond motifs is 3. The minimum absolute atomic E-state index is 0.137. The van der Waals surface area contributed by atoms with Gasteiger partial charge in [-0.15, -0.1) is 11.3 Å². The molecule has 5 nitrogen and oxygen atoms in total. The number of aromatic nitrogens is 2. The van der Waals surface area contributed by atoms with Gasteiger partial charge < -0.3 is 5.73 Å². The molecule has 1 aliphatic rings. The van der Waals surface area contributed by atoms with Crippen molar-refractivity contribution in [3.63, 3.8) is 0 Å². The Labute approximate surface area is 161 Å². The van der Waals surface area contributed by atoms with Crippen LogP contribution in [0.4, 0.5) is 0 Å². The molecule has 2 N–H and O–H groups in total. The lowest BCUT2D eigenvalue weighted by Crippen LogP contribution is -2.35. The smallest absolute Gasteiger partial charge is 0.263 e. The van der Waals surface area contributed by atoms with Crippen molar-refractivity contribution >= 4 is 27.5 Å². The highest BCUT2D eigenvalue weighted by atomic mass is 32.1. The van der Waals surface area contributed by atoms with Crippen LogP contribution in [0.2, 0.25) is 0 Å². The van der Waals surface area contributed by atoms with Gasteiger partial charge >= 0.3 is 0 Å². The second-order valence-electron chi connectivity index (χ2n) is 7.20. The molecule has 3 aromatic rings. The fraction of sp³-hybridized carbons (Fsp3) is 0.381. The molecule has 1 aromatic carbocycles. The molecule has 2 aromatic heterocycles. The zero-order valence-corrected chi connectivity index (χ0v) is 16.4. The van der Waals surface area contributed by atoms with Gasteiger partial charge in [0.2, 0.25) is 5.91 Å². The van der Waals surface area contributed by atoms with Gasteiger partial charge in [0.25, 0.3) is 5.56 Å². The average Bonchev–Trinajstić information content (AvgIpc) is 3.02. The van der Waals surface area contributed by atoms with Gasteiger partial charge in [-0.2, -0.15) is 0 Å². The normalized spacial score (nSPS) is 14.9. The number of benzene rings is 1. The van der Waals surface area contributed by atoms with Crippen molar-refractivity contribution in [2.24, 2.45) is 5.73 Å². The highest BCUT2D eigenvalue weighted by molar-refractivity contribution is 7.18. The number of nitrogens with zero attached hydrogens (tertiary/aromatic N) is 2. The van der Waals surface area contributed by atoms with Crippen molar-refractivity contribution in [3.05, 3.63) is 50.6 Å². The summed E-state index contributed by atoms with van der Waals surface area (Å²) in [6.45, 7) is 3.87. The fourth-order valence-electron chi connectivity index (χ4n) is 4.01. The van der Waals surface area contributed by atoms with Gasteiger partial charge in [0.15, 0.2) is 0 Å². The molecule has 1 unspecified atom stereocenters. The standard InChI is InChI=1S/C21H23N3O2S/c1-3-15(18(22)25)24-19(13-8-6-7-12(2)11-13)23-20-17(21(24)26)14-9-4-5-10-16(14)27-20/h6-8,11,15H,3-5,9-10H2,1-2H3,(H2,22,25). The van der Waals surface area contributed by atoms with Gasteiger partial charge in [0, 0.05) is 10.4 Å². The van der Waals surface area contributed by atoms with Crippen molar-refractivity contribution < 1.29 is 4.79 Å². The zero-order valence-electron chi connectivity index (χ0n) is 15.6. The van der Waals surface area contributed by atoms with Gasteiger partial charge in [0.05, 0.1) is 5.39 Å². The molecule has 27 heavy (non-hydrogen) atoms. The third kappa shape index (κ3) is 2.98. The number of nitrogens with two attached hydrogens (primary N) is 1. The van der Waals surface area contributed by atoms with Gasteiger partial charge in [-0.1, -0.05) is 30.7 Å². The number of aryl methyl sites for hydroxylation is 3. The Balaban J connectivity index is 2.09. The Kier molecular flexibility index (Phi) is 4.60. The lowest BCUT2D eigenvalue weighted by atomic mass is 9.97. The van der Waals surface area contributed by atoms with Crippen LogP contribution in [0.1, 0.15) is 48.2 Å². The summed E-state index contributed by atoms with van der Waals surface area (Å²) in [5.41, 5.74) is 8.56. The first-order valence-corrected chi connectivity index (χ1v) is 10.3. The molecule has 4 rings (SSSR count). The van der Waals surface area contributed by atoms with Crippen LogP contribution in [0.15, 0.2) is 29.1 Å². The van der Waals surface area contributed by atoms with Crippen LogP contribution in [0.25, 0.3) is 21.6 Å². The van der Waals surface area contributed by atoms with E-state index in [1.807, 2.05) is 38.1 Å². The zero-order chi connectivity index (χ0) is 19.1. The molecule has 0 bridgehead atoms. The Morgan fingerprint density at radius 1 is 1.33 bits per heavy atom.